The highest BCUT2D eigenvalue weighted by atomic mass is 35.5. The van der Waals surface area contributed by atoms with Gasteiger partial charge in [-0.15, -0.1) is 0 Å². The van der Waals surface area contributed by atoms with Gasteiger partial charge in [-0.05, 0) is 32.1 Å². The Morgan fingerprint density at radius 1 is 1.39 bits per heavy atom. The summed E-state index contributed by atoms with van der Waals surface area (Å²) in [6, 6.07) is 5.98. The van der Waals surface area contributed by atoms with Crippen molar-refractivity contribution in [3.05, 3.63) is 28.8 Å². The molecular formula is C14H19ClN2O. The van der Waals surface area contributed by atoms with Crippen LogP contribution in [-0.2, 0) is 0 Å². The van der Waals surface area contributed by atoms with Crippen molar-refractivity contribution in [2.75, 3.05) is 32.1 Å². The fourth-order valence-corrected chi connectivity index (χ4v) is 3.07. The van der Waals surface area contributed by atoms with E-state index in [-0.39, 0.29) is 0 Å². The maximum atomic E-state index is 11.1. The average Bonchev–Trinajstić information content (AvgIpc) is 2.70. The topological polar surface area (TPSA) is 23.6 Å². The van der Waals surface area contributed by atoms with Gasteiger partial charge in [0.05, 0.1) is 10.7 Å². The first-order valence-electron chi connectivity index (χ1n) is 6.19. The van der Waals surface area contributed by atoms with Crippen LogP contribution in [0.3, 0.4) is 0 Å². The molecular weight excluding hydrogens is 248 g/mol. The number of halogens is 1. The number of nitrogens with zero attached hydrogens (tertiary/aromatic N) is 2. The number of carbonyl (C=O) groups excluding carboxylic acids is 1. The summed E-state index contributed by atoms with van der Waals surface area (Å²) in [5.74, 6) is 0.566. The molecule has 1 heterocycles. The molecule has 1 aliphatic rings. The predicted octanol–water partition coefficient (Wildman–Crippen LogP) is 2.54. The monoisotopic (exact) mass is 266 g/mol. The molecule has 2 unspecified atom stereocenters. The Kier molecular flexibility index (Phi) is 3.93. The Hall–Kier alpha value is -1.06. The molecule has 3 nitrogen and oxygen atoms in total. The second kappa shape index (κ2) is 5.29. The number of rotatable bonds is 3. The van der Waals surface area contributed by atoms with E-state index in [9.17, 15) is 4.79 Å². The van der Waals surface area contributed by atoms with Gasteiger partial charge in [0, 0.05) is 24.7 Å². The van der Waals surface area contributed by atoms with Crippen molar-refractivity contribution in [3.63, 3.8) is 0 Å². The predicted molar refractivity (Wildman–Crippen MR) is 75.7 cm³/mol. The normalized spacial score (nSPS) is 23.7. The molecule has 1 aliphatic heterocycles. The molecule has 2 atom stereocenters. The van der Waals surface area contributed by atoms with Gasteiger partial charge < -0.3 is 9.80 Å². The number of hydrogen-bond donors (Lipinski definition) is 0. The number of carbonyl (C=O) groups is 1. The molecule has 0 radical (unpaired) electrons. The Morgan fingerprint density at radius 3 is 2.67 bits per heavy atom. The molecule has 0 aliphatic carbocycles. The van der Waals surface area contributed by atoms with E-state index < -0.39 is 0 Å². The van der Waals surface area contributed by atoms with Gasteiger partial charge in [-0.25, -0.2) is 0 Å². The number of hydrogen-bond acceptors (Lipinski definition) is 3. The van der Waals surface area contributed by atoms with Crippen molar-refractivity contribution in [1.29, 1.82) is 0 Å². The van der Waals surface area contributed by atoms with Crippen LogP contribution in [0, 0.1) is 5.92 Å². The van der Waals surface area contributed by atoms with Gasteiger partial charge in [-0.1, -0.05) is 24.6 Å². The lowest BCUT2D eigenvalue weighted by molar-refractivity contribution is 0.112. The number of aldehydes is 1. The lowest BCUT2D eigenvalue weighted by Crippen LogP contribution is -2.34. The van der Waals surface area contributed by atoms with E-state index in [1.807, 2.05) is 18.2 Å². The second-order valence-electron chi connectivity index (χ2n) is 5.21. The van der Waals surface area contributed by atoms with E-state index in [1.54, 1.807) is 0 Å². The third-order valence-corrected chi connectivity index (χ3v) is 4.00. The molecule has 0 spiro atoms. The van der Waals surface area contributed by atoms with E-state index in [0.29, 0.717) is 22.5 Å². The average molecular weight is 267 g/mol. The van der Waals surface area contributed by atoms with Crippen LogP contribution < -0.4 is 4.90 Å². The Balaban J connectivity index is 2.31. The summed E-state index contributed by atoms with van der Waals surface area (Å²) in [4.78, 5) is 15.6. The van der Waals surface area contributed by atoms with Gasteiger partial charge in [0.15, 0.2) is 6.29 Å². The minimum absolute atomic E-state index is 0.501. The highest BCUT2D eigenvalue weighted by molar-refractivity contribution is 6.33. The molecule has 18 heavy (non-hydrogen) atoms. The zero-order valence-corrected chi connectivity index (χ0v) is 11.8. The van der Waals surface area contributed by atoms with Crippen molar-refractivity contribution in [2.45, 2.75) is 13.0 Å². The molecule has 0 aromatic heterocycles. The molecule has 98 valence electrons. The zero-order valence-electron chi connectivity index (χ0n) is 11.1. The van der Waals surface area contributed by atoms with Crippen LogP contribution in [0.4, 0.5) is 5.69 Å². The van der Waals surface area contributed by atoms with Crippen molar-refractivity contribution < 1.29 is 4.79 Å². The van der Waals surface area contributed by atoms with Crippen LogP contribution in [0.15, 0.2) is 18.2 Å². The fraction of sp³-hybridized carbons (Fsp3) is 0.500. The van der Waals surface area contributed by atoms with Crippen LogP contribution in [0.2, 0.25) is 5.02 Å². The fourth-order valence-electron chi connectivity index (χ4n) is 2.77. The van der Waals surface area contributed by atoms with Crippen LogP contribution in [0.1, 0.15) is 17.3 Å². The van der Waals surface area contributed by atoms with Crippen LogP contribution in [0.5, 0.6) is 0 Å². The number of benzene rings is 1. The Bertz CT molecular complexity index is 447. The first-order chi connectivity index (χ1) is 8.54. The first kappa shape index (κ1) is 13.4. The molecule has 0 saturated carbocycles. The summed E-state index contributed by atoms with van der Waals surface area (Å²) in [5, 5.41) is 0.659. The van der Waals surface area contributed by atoms with Gasteiger partial charge in [-0.3, -0.25) is 4.79 Å². The SMILES string of the molecule is CC1CN(c2c(Cl)cccc2C=O)CC1N(C)C. The molecule has 0 N–H and O–H groups in total. The molecule has 1 aromatic rings. The van der Waals surface area contributed by atoms with Crippen molar-refractivity contribution >= 4 is 23.6 Å². The molecule has 0 amide bonds. The second-order valence-corrected chi connectivity index (χ2v) is 5.62. The van der Waals surface area contributed by atoms with Crippen LogP contribution in [0.25, 0.3) is 0 Å². The van der Waals surface area contributed by atoms with Crippen LogP contribution in [-0.4, -0.2) is 44.4 Å². The maximum absolute atomic E-state index is 11.1. The summed E-state index contributed by atoms with van der Waals surface area (Å²) in [6.07, 6.45) is 0.884. The Labute approximate surface area is 113 Å². The molecule has 1 saturated heterocycles. The standard InChI is InChI=1S/C14H19ClN2O/c1-10-7-17(8-13(10)16(2)3)14-11(9-18)5-4-6-12(14)15/h4-6,9-10,13H,7-8H2,1-3H3. The van der Waals surface area contributed by atoms with Gasteiger partial charge >= 0.3 is 0 Å². The van der Waals surface area contributed by atoms with Gasteiger partial charge in [0.1, 0.15) is 0 Å². The van der Waals surface area contributed by atoms with E-state index in [4.69, 9.17) is 11.6 Å². The third-order valence-electron chi connectivity index (χ3n) is 3.70. The number of para-hydroxylation sites is 1. The minimum Gasteiger partial charge on any atom is -0.368 e. The van der Waals surface area contributed by atoms with E-state index in [0.717, 1.165) is 25.1 Å². The van der Waals surface area contributed by atoms with E-state index in [2.05, 4.69) is 30.8 Å². The first-order valence-corrected chi connectivity index (χ1v) is 6.57. The highest BCUT2D eigenvalue weighted by Gasteiger charge is 2.32. The van der Waals surface area contributed by atoms with Crippen molar-refractivity contribution in [3.8, 4) is 0 Å². The zero-order chi connectivity index (χ0) is 13.3. The molecule has 1 aromatic carbocycles. The Morgan fingerprint density at radius 2 is 2.11 bits per heavy atom. The largest absolute Gasteiger partial charge is 0.368 e. The van der Waals surface area contributed by atoms with Crippen LogP contribution >= 0.6 is 11.6 Å². The smallest absolute Gasteiger partial charge is 0.152 e. The summed E-state index contributed by atoms with van der Waals surface area (Å²) < 4.78 is 0. The highest BCUT2D eigenvalue weighted by Crippen LogP contribution is 2.33. The van der Waals surface area contributed by atoms with E-state index >= 15 is 0 Å². The quantitative estimate of drug-likeness (QED) is 0.786. The molecule has 0 bridgehead atoms. The van der Waals surface area contributed by atoms with Gasteiger partial charge in [-0.2, -0.15) is 0 Å². The van der Waals surface area contributed by atoms with Crippen molar-refractivity contribution in [2.24, 2.45) is 5.92 Å². The van der Waals surface area contributed by atoms with E-state index in [1.165, 1.54) is 0 Å². The number of likely N-dealkylation sites (N-methyl/N-ethyl adjacent to an activating group) is 1. The number of anilines is 1. The van der Waals surface area contributed by atoms with Gasteiger partial charge in [0.25, 0.3) is 0 Å². The lowest BCUT2D eigenvalue weighted by Gasteiger charge is -2.24. The molecule has 4 heteroatoms. The third kappa shape index (κ3) is 2.38. The van der Waals surface area contributed by atoms with Gasteiger partial charge in [0.2, 0.25) is 0 Å². The summed E-state index contributed by atoms with van der Waals surface area (Å²) in [7, 11) is 4.19. The lowest BCUT2D eigenvalue weighted by atomic mass is 10.1. The summed E-state index contributed by atoms with van der Waals surface area (Å²) in [6.45, 7) is 4.09. The molecule has 1 fully saturated rings. The maximum Gasteiger partial charge on any atom is 0.152 e. The summed E-state index contributed by atoms with van der Waals surface area (Å²) in [5.41, 5.74) is 1.56. The van der Waals surface area contributed by atoms with Crippen molar-refractivity contribution in [1.82, 2.24) is 4.90 Å². The minimum atomic E-state index is 0.501. The molecule has 2 rings (SSSR count). The summed E-state index contributed by atoms with van der Waals surface area (Å²) >= 11 is 6.25.